The van der Waals surface area contributed by atoms with Gasteiger partial charge >= 0.3 is 6.18 Å². The summed E-state index contributed by atoms with van der Waals surface area (Å²) in [4.78, 5) is 17.8. The zero-order valence-electron chi connectivity index (χ0n) is 15.3. The average Bonchev–Trinajstić information content (AvgIpc) is 3.37. The number of nitrogens with zero attached hydrogens (tertiary/aromatic N) is 3. The van der Waals surface area contributed by atoms with Gasteiger partial charge in [-0.25, -0.2) is 9.50 Å². The van der Waals surface area contributed by atoms with E-state index in [1.54, 1.807) is 6.07 Å². The van der Waals surface area contributed by atoms with E-state index in [-0.39, 0.29) is 22.8 Å². The fraction of sp³-hybridized carbons (Fsp3) is 0.389. The summed E-state index contributed by atoms with van der Waals surface area (Å²) in [6.45, 7) is 4.17. The van der Waals surface area contributed by atoms with Crippen LogP contribution in [-0.4, -0.2) is 59.9 Å². The van der Waals surface area contributed by atoms with Crippen LogP contribution in [0.15, 0.2) is 34.9 Å². The topological polar surface area (TPSA) is 86.1 Å². The van der Waals surface area contributed by atoms with Gasteiger partial charge in [0.05, 0.1) is 32.6 Å². The Morgan fingerprint density at radius 2 is 2.07 bits per heavy atom. The number of rotatable bonds is 5. The van der Waals surface area contributed by atoms with Gasteiger partial charge in [0.15, 0.2) is 22.8 Å². The Bertz CT molecular complexity index is 994. The number of fused-ring (bicyclic) bond motifs is 1. The van der Waals surface area contributed by atoms with Gasteiger partial charge in [-0.3, -0.25) is 4.79 Å². The van der Waals surface area contributed by atoms with E-state index in [1.807, 2.05) is 0 Å². The summed E-state index contributed by atoms with van der Waals surface area (Å²) in [6, 6.07) is 5.15. The van der Waals surface area contributed by atoms with E-state index in [0.29, 0.717) is 30.8 Å². The van der Waals surface area contributed by atoms with Gasteiger partial charge in [0.2, 0.25) is 0 Å². The van der Waals surface area contributed by atoms with Crippen molar-refractivity contribution in [1.82, 2.24) is 19.9 Å². The van der Waals surface area contributed by atoms with Gasteiger partial charge in [-0.15, -0.1) is 0 Å². The molecule has 1 amide bonds. The molecule has 2 N–H and O–H groups in total. The molecule has 0 aliphatic carbocycles. The second-order valence-corrected chi connectivity index (χ2v) is 6.67. The number of amides is 1. The smallest absolute Gasteiger partial charge is 0.433 e. The molecule has 4 heterocycles. The SMILES string of the molecule is O=C(NCC[NH+]1CCOCC1)c1cc2nc(-c3ccco3)cc(C(F)(F)F)n2n1. The maximum absolute atomic E-state index is 13.5. The highest BCUT2D eigenvalue weighted by molar-refractivity contribution is 5.93. The van der Waals surface area contributed by atoms with Gasteiger partial charge in [-0.1, -0.05) is 0 Å². The molecule has 0 unspecified atom stereocenters. The standard InChI is InChI=1S/C18H18F3N5O3/c19-18(20,21)15-10-12(14-2-1-7-29-14)23-16-11-13(24-26(15)16)17(27)22-3-4-25-5-8-28-9-6-25/h1-2,7,10-11H,3-6,8-9H2,(H,22,27)/p+1. The first-order valence-corrected chi connectivity index (χ1v) is 9.13. The minimum atomic E-state index is -4.68. The number of nitrogens with one attached hydrogen (secondary N) is 2. The van der Waals surface area contributed by atoms with Crippen molar-refractivity contribution in [2.75, 3.05) is 39.4 Å². The highest BCUT2D eigenvalue weighted by Gasteiger charge is 2.36. The normalized spacial score (nSPS) is 15.7. The van der Waals surface area contributed by atoms with E-state index in [0.717, 1.165) is 19.2 Å². The predicted molar refractivity (Wildman–Crippen MR) is 94.4 cm³/mol. The summed E-state index contributed by atoms with van der Waals surface area (Å²) in [5.41, 5.74) is -1.24. The molecule has 29 heavy (non-hydrogen) atoms. The van der Waals surface area contributed by atoms with Crippen molar-refractivity contribution in [3.05, 3.63) is 41.9 Å². The number of carbonyl (C=O) groups is 1. The lowest BCUT2D eigenvalue weighted by Crippen LogP contribution is -3.14. The molecule has 1 saturated heterocycles. The molecule has 8 nitrogen and oxygen atoms in total. The van der Waals surface area contributed by atoms with E-state index in [1.165, 1.54) is 23.3 Å². The molecule has 0 radical (unpaired) electrons. The highest BCUT2D eigenvalue weighted by Crippen LogP contribution is 2.32. The maximum Gasteiger partial charge on any atom is 0.433 e. The molecule has 3 aromatic heterocycles. The number of aromatic nitrogens is 3. The van der Waals surface area contributed by atoms with Crippen LogP contribution >= 0.6 is 0 Å². The number of quaternary nitrogens is 1. The molecule has 154 valence electrons. The van der Waals surface area contributed by atoms with E-state index in [4.69, 9.17) is 9.15 Å². The fourth-order valence-electron chi connectivity index (χ4n) is 3.19. The molecular weight excluding hydrogens is 391 g/mol. The molecule has 1 aliphatic rings. The number of hydrogen-bond donors (Lipinski definition) is 2. The summed E-state index contributed by atoms with van der Waals surface area (Å²) >= 11 is 0. The van der Waals surface area contributed by atoms with Gasteiger partial charge in [-0.05, 0) is 18.2 Å². The van der Waals surface area contributed by atoms with Gasteiger partial charge < -0.3 is 19.4 Å². The molecule has 0 saturated carbocycles. The molecule has 3 aromatic rings. The minimum absolute atomic E-state index is 0.0117. The van der Waals surface area contributed by atoms with Crippen molar-refractivity contribution in [2.24, 2.45) is 0 Å². The molecule has 1 aliphatic heterocycles. The molecular formula is C18H19F3N5O3+. The Kier molecular flexibility index (Phi) is 5.24. The quantitative estimate of drug-likeness (QED) is 0.645. The number of furan rings is 1. The first-order chi connectivity index (χ1) is 13.9. The van der Waals surface area contributed by atoms with Gasteiger partial charge in [0.25, 0.3) is 5.91 Å². The van der Waals surface area contributed by atoms with Crippen LogP contribution in [0.5, 0.6) is 0 Å². The fourth-order valence-corrected chi connectivity index (χ4v) is 3.19. The number of alkyl halides is 3. The van der Waals surface area contributed by atoms with Crippen LogP contribution in [-0.2, 0) is 10.9 Å². The second-order valence-electron chi connectivity index (χ2n) is 6.67. The number of halogens is 3. The van der Waals surface area contributed by atoms with Crippen LogP contribution in [0, 0.1) is 0 Å². The van der Waals surface area contributed by atoms with Crippen LogP contribution in [0.1, 0.15) is 16.2 Å². The molecule has 4 rings (SSSR count). The molecule has 0 aromatic carbocycles. The summed E-state index contributed by atoms with van der Waals surface area (Å²) in [6.07, 6.45) is -3.33. The van der Waals surface area contributed by atoms with E-state index in [2.05, 4.69) is 15.4 Å². The van der Waals surface area contributed by atoms with Gasteiger partial charge in [-0.2, -0.15) is 18.3 Å². The van der Waals surface area contributed by atoms with E-state index >= 15 is 0 Å². The van der Waals surface area contributed by atoms with Crippen LogP contribution in [0.2, 0.25) is 0 Å². The molecule has 0 bridgehead atoms. The first-order valence-electron chi connectivity index (χ1n) is 9.13. The molecule has 0 spiro atoms. The zero-order chi connectivity index (χ0) is 20.4. The third kappa shape index (κ3) is 4.25. The van der Waals surface area contributed by atoms with Crippen molar-refractivity contribution < 1.29 is 32.0 Å². The Balaban J connectivity index is 1.56. The monoisotopic (exact) mass is 410 g/mol. The van der Waals surface area contributed by atoms with E-state index < -0.39 is 17.8 Å². The lowest BCUT2D eigenvalue weighted by atomic mass is 10.2. The molecule has 1 fully saturated rings. The Morgan fingerprint density at radius 3 is 2.76 bits per heavy atom. The van der Waals surface area contributed by atoms with Crippen LogP contribution in [0.3, 0.4) is 0 Å². The zero-order valence-corrected chi connectivity index (χ0v) is 15.3. The van der Waals surface area contributed by atoms with Crippen molar-refractivity contribution in [2.45, 2.75) is 6.18 Å². The predicted octanol–water partition coefficient (Wildman–Crippen LogP) is 0.653. The third-order valence-electron chi connectivity index (χ3n) is 4.69. The molecule has 11 heteroatoms. The Morgan fingerprint density at radius 1 is 1.28 bits per heavy atom. The number of morpholine rings is 1. The Labute approximate surface area is 163 Å². The van der Waals surface area contributed by atoms with Crippen molar-refractivity contribution >= 4 is 11.6 Å². The van der Waals surface area contributed by atoms with Crippen LogP contribution in [0.25, 0.3) is 17.1 Å². The average molecular weight is 410 g/mol. The van der Waals surface area contributed by atoms with Crippen molar-refractivity contribution in [3.63, 3.8) is 0 Å². The van der Waals surface area contributed by atoms with Crippen molar-refractivity contribution in [3.8, 4) is 11.5 Å². The third-order valence-corrected chi connectivity index (χ3v) is 4.69. The van der Waals surface area contributed by atoms with Crippen LogP contribution in [0.4, 0.5) is 13.2 Å². The number of hydrogen-bond acceptors (Lipinski definition) is 5. The lowest BCUT2D eigenvalue weighted by molar-refractivity contribution is -0.906. The number of carbonyl (C=O) groups excluding carboxylic acids is 1. The Hall–Kier alpha value is -2.92. The summed E-state index contributed by atoms with van der Waals surface area (Å²) in [5.74, 6) is -0.352. The number of ether oxygens (including phenoxy) is 1. The van der Waals surface area contributed by atoms with E-state index in [9.17, 15) is 18.0 Å². The first kappa shape index (κ1) is 19.4. The maximum atomic E-state index is 13.5. The minimum Gasteiger partial charge on any atom is -0.463 e. The second kappa shape index (κ2) is 7.84. The highest BCUT2D eigenvalue weighted by atomic mass is 19.4. The van der Waals surface area contributed by atoms with Crippen molar-refractivity contribution in [1.29, 1.82) is 0 Å². The summed E-state index contributed by atoms with van der Waals surface area (Å²) in [5, 5.41) is 6.54. The van der Waals surface area contributed by atoms with Crippen LogP contribution < -0.4 is 10.2 Å². The van der Waals surface area contributed by atoms with Gasteiger partial charge in [0, 0.05) is 6.07 Å². The summed E-state index contributed by atoms with van der Waals surface area (Å²) < 4.78 is 51.6. The lowest BCUT2D eigenvalue weighted by Gasteiger charge is -2.23. The van der Waals surface area contributed by atoms with Gasteiger partial charge in [0.1, 0.15) is 18.8 Å². The molecule has 0 atom stereocenters. The largest absolute Gasteiger partial charge is 0.463 e. The summed E-state index contributed by atoms with van der Waals surface area (Å²) in [7, 11) is 0.